The summed E-state index contributed by atoms with van der Waals surface area (Å²) in [5.74, 6) is -0.233. The van der Waals surface area contributed by atoms with Gasteiger partial charge in [-0.3, -0.25) is 14.0 Å². The summed E-state index contributed by atoms with van der Waals surface area (Å²) in [6.45, 7) is 7.95. The second kappa shape index (κ2) is 6.81. The Labute approximate surface area is 161 Å². The average molecular weight is 382 g/mol. The van der Waals surface area contributed by atoms with Crippen molar-refractivity contribution in [1.82, 2.24) is 14.3 Å². The maximum absolute atomic E-state index is 13.0. The van der Waals surface area contributed by atoms with E-state index in [2.05, 4.69) is 48.0 Å². The monoisotopic (exact) mass is 382 g/mol. The van der Waals surface area contributed by atoms with Gasteiger partial charge in [-0.1, -0.05) is 12.1 Å². The van der Waals surface area contributed by atoms with Crippen molar-refractivity contribution in [2.24, 2.45) is 0 Å². The lowest BCUT2D eigenvalue weighted by atomic mass is 10.1. The first kappa shape index (κ1) is 17.7. The first-order valence-corrected chi connectivity index (χ1v) is 9.92. The van der Waals surface area contributed by atoms with Crippen LogP contribution in [-0.2, 0) is 0 Å². The Morgan fingerprint density at radius 1 is 1.26 bits per heavy atom. The zero-order chi connectivity index (χ0) is 19.1. The number of amides is 1. The van der Waals surface area contributed by atoms with Crippen molar-refractivity contribution in [3.63, 3.8) is 0 Å². The number of carbonyl (C=O) groups is 1. The van der Waals surface area contributed by atoms with Gasteiger partial charge < -0.3 is 9.80 Å². The summed E-state index contributed by atoms with van der Waals surface area (Å²) >= 11 is 1.40. The number of carbonyl (C=O) groups excluding carboxylic acids is 1. The highest BCUT2D eigenvalue weighted by molar-refractivity contribution is 7.15. The number of hydrogen-bond donors (Lipinski definition) is 0. The minimum atomic E-state index is -0.280. The highest BCUT2D eigenvalue weighted by Gasteiger charge is 2.29. The number of aryl methyl sites for hydroxylation is 2. The van der Waals surface area contributed by atoms with Crippen molar-refractivity contribution >= 4 is 27.9 Å². The predicted octanol–water partition coefficient (Wildman–Crippen LogP) is 2.72. The summed E-state index contributed by atoms with van der Waals surface area (Å²) in [5.41, 5.74) is 3.06. The van der Waals surface area contributed by atoms with Crippen molar-refractivity contribution < 1.29 is 4.79 Å². The van der Waals surface area contributed by atoms with Gasteiger partial charge in [0.25, 0.3) is 11.5 Å². The molecule has 3 heterocycles. The van der Waals surface area contributed by atoms with Gasteiger partial charge >= 0.3 is 0 Å². The smallest absolute Gasteiger partial charge is 0.271 e. The van der Waals surface area contributed by atoms with Crippen molar-refractivity contribution in [3.8, 4) is 0 Å². The van der Waals surface area contributed by atoms with Crippen LogP contribution in [0.25, 0.3) is 4.96 Å². The van der Waals surface area contributed by atoms with E-state index in [1.807, 2.05) is 12.3 Å². The molecule has 1 aliphatic heterocycles. The van der Waals surface area contributed by atoms with Gasteiger partial charge in [0.05, 0.1) is 0 Å². The fourth-order valence-electron chi connectivity index (χ4n) is 3.67. The van der Waals surface area contributed by atoms with Crippen molar-refractivity contribution in [3.05, 3.63) is 63.0 Å². The van der Waals surface area contributed by atoms with Gasteiger partial charge in [0.15, 0.2) is 4.96 Å². The van der Waals surface area contributed by atoms with Gasteiger partial charge in [0.1, 0.15) is 5.56 Å². The summed E-state index contributed by atoms with van der Waals surface area (Å²) in [7, 11) is 0. The largest absolute Gasteiger partial charge is 0.365 e. The molecular weight excluding hydrogens is 360 g/mol. The van der Waals surface area contributed by atoms with Crippen LogP contribution in [0, 0.1) is 13.8 Å². The number of aromatic nitrogens is 2. The molecule has 0 aliphatic carbocycles. The maximum atomic E-state index is 13.0. The summed E-state index contributed by atoms with van der Waals surface area (Å²) in [5, 5.41) is 1.88. The van der Waals surface area contributed by atoms with Crippen LogP contribution < -0.4 is 10.5 Å². The number of piperazine rings is 1. The molecule has 1 aliphatic rings. The summed E-state index contributed by atoms with van der Waals surface area (Å²) in [4.78, 5) is 34.8. The standard InChI is InChI=1S/C20H22N4O2S/c1-13-5-4-6-16(9-13)23-8-7-22(11-14(23)2)18(25)17-10-21-20-24(19(17)26)15(3)12-27-20/h4-6,9-10,12,14H,7-8,11H2,1-3H3. The highest BCUT2D eigenvalue weighted by atomic mass is 32.1. The Bertz CT molecular complexity index is 1070. The molecule has 1 unspecified atom stereocenters. The number of anilines is 1. The lowest BCUT2D eigenvalue weighted by Gasteiger charge is -2.41. The fraction of sp³-hybridized carbons (Fsp3) is 0.350. The summed E-state index contributed by atoms with van der Waals surface area (Å²) in [6.07, 6.45) is 1.42. The van der Waals surface area contributed by atoms with Gasteiger partial charge in [-0.25, -0.2) is 4.98 Å². The molecule has 0 spiro atoms. The van der Waals surface area contributed by atoms with E-state index in [-0.39, 0.29) is 23.1 Å². The van der Waals surface area contributed by atoms with Crippen LogP contribution >= 0.6 is 11.3 Å². The SMILES string of the molecule is Cc1cccc(N2CCN(C(=O)c3cnc4scc(C)n4c3=O)CC2C)c1. The number of rotatable bonds is 2. The van der Waals surface area contributed by atoms with Crippen LogP contribution in [0.4, 0.5) is 5.69 Å². The van der Waals surface area contributed by atoms with Gasteiger partial charge in [-0.05, 0) is 38.5 Å². The molecule has 2 aromatic heterocycles. The lowest BCUT2D eigenvalue weighted by molar-refractivity contribution is 0.0724. The molecule has 140 valence electrons. The average Bonchev–Trinajstić information content (AvgIpc) is 3.03. The Hall–Kier alpha value is -2.67. The van der Waals surface area contributed by atoms with E-state index < -0.39 is 0 Å². The molecule has 7 heteroatoms. The Balaban J connectivity index is 1.57. The molecule has 1 saturated heterocycles. The van der Waals surface area contributed by atoms with Crippen molar-refractivity contribution in [1.29, 1.82) is 0 Å². The second-order valence-electron chi connectivity index (χ2n) is 7.10. The van der Waals surface area contributed by atoms with Crippen LogP contribution in [0.1, 0.15) is 28.5 Å². The Kier molecular flexibility index (Phi) is 4.47. The molecule has 6 nitrogen and oxygen atoms in total. The van der Waals surface area contributed by atoms with Crippen LogP contribution in [0.2, 0.25) is 0 Å². The summed E-state index contributed by atoms with van der Waals surface area (Å²) < 4.78 is 1.52. The van der Waals surface area contributed by atoms with Gasteiger partial charge in [0, 0.05) is 48.6 Å². The van der Waals surface area contributed by atoms with E-state index in [4.69, 9.17) is 0 Å². The van der Waals surface area contributed by atoms with Crippen molar-refractivity contribution in [2.45, 2.75) is 26.8 Å². The molecule has 0 radical (unpaired) electrons. The van der Waals surface area contributed by atoms with Crippen LogP contribution in [0.5, 0.6) is 0 Å². The van der Waals surface area contributed by atoms with Crippen molar-refractivity contribution in [2.75, 3.05) is 24.5 Å². The predicted molar refractivity (Wildman–Crippen MR) is 108 cm³/mol. The number of nitrogens with zero attached hydrogens (tertiary/aromatic N) is 4. The highest BCUT2D eigenvalue weighted by Crippen LogP contribution is 2.22. The number of thiazole rings is 1. The zero-order valence-corrected chi connectivity index (χ0v) is 16.5. The topological polar surface area (TPSA) is 57.9 Å². The molecule has 1 amide bonds. The second-order valence-corrected chi connectivity index (χ2v) is 7.94. The molecule has 0 bridgehead atoms. The number of benzene rings is 1. The first-order valence-electron chi connectivity index (χ1n) is 9.04. The lowest BCUT2D eigenvalue weighted by Crippen LogP contribution is -2.54. The molecule has 1 atom stereocenters. The number of fused-ring (bicyclic) bond motifs is 1. The van der Waals surface area contributed by atoms with E-state index in [0.717, 1.165) is 12.2 Å². The molecule has 27 heavy (non-hydrogen) atoms. The van der Waals surface area contributed by atoms with Crippen LogP contribution in [0.15, 0.2) is 40.6 Å². The molecular formula is C20H22N4O2S. The van der Waals surface area contributed by atoms with Gasteiger partial charge in [0.2, 0.25) is 0 Å². The van der Waals surface area contributed by atoms with E-state index in [9.17, 15) is 9.59 Å². The molecule has 0 saturated carbocycles. The zero-order valence-electron chi connectivity index (χ0n) is 15.7. The molecule has 0 N–H and O–H groups in total. The third-order valence-corrected chi connectivity index (χ3v) is 6.05. The normalized spacial score (nSPS) is 17.5. The summed E-state index contributed by atoms with van der Waals surface area (Å²) in [6, 6.07) is 8.57. The van der Waals surface area contributed by atoms with Crippen LogP contribution in [-0.4, -0.2) is 45.9 Å². The third kappa shape index (κ3) is 3.12. The van der Waals surface area contributed by atoms with Gasteiger partial charge in [-0.2, -0.15) is 0 Å². The Morgan fingerprint density at radius 2 is 2.07 bits per heavy atom. The van der Waals surface area contributed by atoms with Gasteiger partial charge in [-0.15, -0.1) is 11.3 Å². The molecule has 1 fully saturated rings. The first-order chi connectivity index (χ1) is 13.0. The van der Waals surface area contributed by atoms with E-state index in [1.165, 1.54) is 33.2 Å². The van der Waals surface area contributed by atoms with E-state index in [0.29, 0.717) is 18.1 Å². The molecule has 4 rings (SSSR count). The minimum Gasteiger partial charge on any atom is -0.365 e. The quantitative estimate of drug-likeness (QED) is 0.684. The molecule has 1 aromatic carbocycles. The van der Waals surface area contributed by atoms with E-state index >= 15 is 0 Å². The van der Waals surface area contributed by atoms with E-state index in [1.54, 1.807) is 4.90 Å². The Morgan fingerprint density at radius 3 is 2.81 bits per heavy atom. The third-order valence-electron chi connectivity index (χ3n) is 5.09. The van der Waals surface area contributed by atoms with Crippen LogP contribution in [0.3, 0.4) is 0 Å². The molecule has 3 aromatic rings. The fourth-order valence-corrected chi connectivity index (χ4v) is 4.50. The maximum Gasteiger partial charge on any atom is 0.271 e. The minimum absolute atomic E-state index is 0.144. The number of hydrogen-bond acceptors (Lipinski definition) is 5.